The van der Waals surface area contributed by atoms with Gasteiger partial charge >= 0.3 is 6.16 Å². The zero-order valence-corrected chi connectivity index (χ0v) is 39.7. The highest BCUT2D eigenvalue weighted by molar-refractivity contribution is 5.91. The maximum atomic E-state index is 13.0. The molecule has 14 nitrogen and oxygen atoms in total. The third-order valence-corrected chi connectivity index (χ3v) is 15.1. The van der Waals surface area contributed by atoms with Gasteiger partial charge in [-0.25, -0.2) is 4.79 Å². The van der Waals surface area contributed by atoms with E-state index in [4.69, 9.17) is 35.8 Å². The Morgan fingerprint density at radius 2 is 1.62 bits per heavy atom. The van der Waals surface area contributed by atoms with E-state index < -0.39 is 18.0 Å². The molecule has 7 N–H and O–H groups in total. The van der Waals surface area contributed by atoms with E-state index in [0.717, 1.165) is 61.7 Å². The van der Waals surface area contributed by atoms with Gasteiger partial charge in [-0.2, -0.15) is 0 Å². The number of carbonyl (C=O) groups is 4. The van der Waals surface area contributed by atoms with E-state index in [1.807, 2.05) is 0 Å². The summed E-state index contributed by atoms with van der Waals surface area (Å²) in [6.45, 7) is 15.4. The van der Waals surface area contributed by atoms with Gasteiger partial charge in [0, 0.05) is 44.6 Å². The summed E-state index contributed by atoms with van der Waals surface area (Å²) in [5.74, 6) is 2.80. The summed E-state index contributed by atoms with van der Waals surface area (Å²) >= 11 is 0. The van der Waals surface area contributed by atoms with Crippen molar-refractivity contribution in [2.45, 2.75) is 157 Å². The number of ketones is 1. The van der Waals surface area contributed by atoms with Crippen molar-refractivity contribution in [3.8, 4) is 0 Å². The highest BCUT2D eigenvalue weighted by Crippen LogP contribution is 2.67. The van der Waals surface area contributed by atoms with Crippen LogP contribution in [0.5, 0.6) is 0 Å². The van der Waals surface area contributed by atoms with E-state index in [1.54, 1.807) is 6.92 Å². The van der Waals surface area contributed by atoms with Crippen LogP contribution in [0.4, 0.5) is 4.79 Å². The van der Waals surface area contributed by atoms with Gasteiger partial charge in [0.25, 0.3) is 0 Å². The van der Waals surface area contributed by atoms with Gasteiger partial charge in [-0.05, 0) is 124 Å². The van der Waals surface area contributed by atoms with Gasteiger partial charge in [-0.15, -0.1) is 0 Å². The van der Waals surface area contributed by atoms with Gasteiger partial charge in [0.05, 0.1) is 25.7 Å². The van der Waals surface area contributed by atoms with E-state index in [-0.39, 0.29) is 81.6 Å². The van der Waals surface area contributed by atoms with Gasteiger partial charge < -0.3 is 46.5 Å². The number of hydrogen-bond acceptors (Lipinski definition) is 10. The number of Topliss-reactive ketones (excluding diaryl/α,β-unsaturated/α-hetero) is 1. The Morgan fingerprint density at radius 3 is 2.37 bits per heavy atom. The summed E-state index contributed by atoms with van der Waals surface area (Å²) in [5.41, 5.74) is 13.4. The third-order valence-electron chi connectivity index (χ3n) is 15.1. The van der Waals surface area contributed by atoms with Crippen LogP contribution >= 0.6 is 0 Å². The summed E-state index contributed by atoms with van der Waals surface area (Å²) in [6, 6.07) is 0. The number of hydrogen-bond donors (Lipinski definition) is 5. The van der Waals surface area contributed by atoms with E-state index >= 15 is 0 Å². The molecule has 0 radical (unpaired) electrons. The minimum atomic E-state index is -0.863. The summed E-state index contributed by atoms with van der Waals surface area (Å²) in [7, 11) is 0. The van der Waals surface area contributed by atoms with Crippen molar-refractivity contribution in [1.82, 2.24) is 10.6 Å². The molecule has 63 heavy (non-hydrogen) atoms. The van der Waals surface area contributed by atoms with Gasteiger partial charge in [0.1, 0.15) is 19.3 Å². The van der Waals surface area contributed by atoms with Crippen LogP contribution < -0.4 is 22.1 Å². The minimum Gasteiger partial charge on any atom is -0.432 e. The molecule has 0 aromatic heterocycles. The van der Waals surface area contributed by atoms with Crippen molar-refractivity contribution in [2.24, 2.45) is 68.7 Å². The van der Waals surface area contributed by atoms with Crippen molar-refractivity contribution < 1.29 is 38.1 Å². The van der Waals surface area contributed by atoms with Crippen LogP contribution in [0, 0.1) is 57.7 Å². The Kier molecular flexibility index (Phi) is 21.4. The highest BCUT2D eigenvalue weighted by Gasteiger charge is 2.59. The van der Waals surface area contributed by atoms with Crippen molar-refractivity contribution in [3.63, 3.8) is 0 Å². The minimum absolute atomic E-state index is 0.0341. The van der Waals surface area contributed by atoms with E-state index in [2.05, 4.69) is 56.3 Å². The number of fused-ring (bicyclic) bond motifs is 5. The van der Waals surface area contributed by atoms with Crippen LogP contribution in [0.15, 0.2) is 16.6 Å². The molecule has 0 aromatic rings. The molecule has 4 rings (SSSR count). The molecule has 358 valence electrons. The number of amides is 2. The molecular weight excluding hydrogens is 801 g/mol. The molecule has 4 aliphatic carbocycles. The fourth-order valence-electron chi connectivity index (χ4n) is 11.8. The lowest BCUT2D eigenvalue weighted by Crippen LogP contribution is -2.51. The standard InChI is InChI=1S/C49H84N6O8/c1-33(2)11-9-12-34(3)41-16-17-42-40-15-14-37-31-39(18-20-48(37,5)43(40)19-21-49(41,42)6)63-47(59)62-28-27-60-25-26-61-32-38(56)29-36(45(58)54-23-10-24-55-46(51)52)30-44(57)53-22-8-7-13-35(4)50/h14,33-34,36,39-43,50H,7-13,15-32H2,1-6H3,(H,53,57)(H,54,58)(H4,51,52,55). The molecule has 0 spiro atoms. The summed E-state index contributed by atoms with van der Waals surface area (Å²) in [6.07, 6.45) is 17.4. The van der Waals surface area contributed by atoms with Crippen LogP contribution in [-0.2, 0) is 33.3 Å². The second-order valence-corrected chi connectivity index (χ2v) is 20.2. The smallest absolute Gasteiger partial charge is 0.432 e. The van der Waals surface area contributed by atoms with Crippen LogP contribution in [0.25, 0.3) is 0 Å². The summed E-state index contributed by atoms with van der Waals surface area (Å²) in [5, 5.41) is 13.1. The largest absolute Gasteiger partial charge is 0.508 e. The number of carbonyl (C=O) groups excluding carboxylic acids is 4. The quantitative estimate of drug-likeness (QED) is 0.0170. The first kappa shape index (κ1) is 52.1. The number of allylic oxidation sites excluding steroid dienone is 1. The monoisotopic (exact) mass is 885 g/mol. The second-order valence-electron chi connectivity index (χ2n) is 20.2. The molecular formula is C49H84N6O8. The third kappa shape index (κ3) is 16.1. The Balaban J connectivity index is 1.11. The molecule has 4 aliphatic rings. The van der Waals surface area contributed by atoms with Crippen molar-refractivity contribution in [3.05, 3.63) is 11.6 Å². The Morgan fingerprint density at radius 1 is 0.873 bits per heavy atom. The van der Waals surface area contributed by atoms with Crippen LogP contribution in [0.2, 0.25) is 0 Å². The molecule has 3 fully saturated rings. The zero-order chi connectivity index (χ0) is 46.0. The topological polar surface area (TPSA) is 218 Å². The lowest BCUT2D eigenvalue weighted by atomic mass is 9.47. The Hall–Kier alpha value is -3.52. The lowest BCUT2D eigenvalue weighted by Gasteiger charge is -2.58. The molecule has 0 bridgehead atoms. The van der Waals surface area contributed by atoms with E-state index in [0.29, 0.717) is 49.4 Å². The average molecular weight is 885 g/mol. The number of nitrogens with one attached hydrogen (secondary N) is 3. The van der Waals surface area contributed by atoms with Gasteiger partial charge in [-0.3, -0.25) is 19.4 Å². The fourth-order valence-corrected chi connectivity index (χ4v) is 11.8. The Labute approximate surface area is 378 Å². The molecule has 14 heteroatoms. The van der Waals surface area contributed by atoms with Crippen molar-refractivity contribution in [1.29, 1.82) is 5.41 Å². The van der Waals surface area contributed by atoms with Gasteiger partial charge in [-0.1, -0.05) is 65.5 Å². The molecule has 9 atom stereocenters. The number of ether oxygens (including phenoxy) is 4. The fraction of sp³-hybridized carbons (Fsp3) is 0.837. The maximum Gasteiger partial charge on any atom is 0.508 e. The van der Waals surface area contributed by atoms with Crippen LogP contribution in [0.1, 0.15) is 151 Å². The van der Waals surface area contributed by atoms with Gasteiger partial charge in [0.15, 0.2) is 11.7 Å². The van der Waals surface area contributed by atoms with E-state index in [1.165, 1.54) is 50.5 Å². The highest BCUT2D eigenvalue weighted by atomic mass is 16.7. The molecule has 3 saturated carbocycles. The van der Waals surface area contributed by atoms with Crippen molar-refractivity contribution >= 4 is 35.4 Å². The summed E-state index contributed by atoms with van der Waals surface area (Å²) < 4.78 is 22.2. The molecule has 2 amide bonds. The second kappa shape index (κ2) is 25.8. The number of rotatable bonds is 28. The first-order valence-corrected chi connectivity index (χ1v) is 24.4. The zero-order valence-electron chi connectivity index (χ0n) is 39.7. The normalized spacial score (nSPS) is 27.2. The van der Waals surface area contributed by atoms with Crippen LogP contribution in [0.3, 0.4) is 0 Å². The predicted octanol–water partition coefficient (Wildman–Crippen LogP) is 7.65. The summed E-state index contributed by atoms with van der Waals surface area (Å²) in [4.78, 5) is 55.0. The molecule has 9 unspecified atom stereocenters. The SMILES string of the molecule is CC(=N)CCCCNC(=O)CC(CC(=O)COCCOCCOC(=O)OC1CCC2(C)C(=CCC3C2CCC2(C)C(C(C)CCCC(C)C)CCC32)C1)C(=O)NCCCN=C(N)N. The molecule has 0 aliphatic heterocycles. The predicted molar refractivity (Wildman–Crippen MR) is 247 cm³/mol. The average Bonchev–Trinajstić information content (AvgIpc) is 3.58. The van der Waals surface area contributed by atoms with E-state index in [9.17, 15) is 19.2 Å². The molecule has 0 heterocycles. The number of nitrogens with zero attached hydrogens (tertiary/aromatic N) is 1. The Bertz CT molecular complexity index is 1570. The first-order chi connectivity index (χ1) is 30.0. The van der Waals surface area contributed by atoms with Crippen LogP contribution in [-0.4, -0.2) is 94.2 Å². The number of aliphatic imine (C=N–C) groups is 1. The maximum absolute atomic E-state index is 13.0. The molecule has 0 saturated heterocycles. The number of guanidine groups is 1. The first-order valence-electron chi connectivity index (χ1n) is 24.4. The van der Waals surface area contributed by atoms with Crippen molar-refractivity contribution in [2.75, 3.05) is 52.7 Å². The molecule has 0 aromatic carbocycles. The number of nitrogens with two attached hydrogens (primary N) is 2. The van der Waals surface area contributed by atoms with Gasteiger partial charge in [0.2, 0.25) is 11.8 Å². The number of unbranched alkanes of at least 4 members (excludes halogenated alkanes) is 1. The lowest BCUT2D eigenvalue weighted by molar-refractivity contribution is -0.134.